The zero-order valence-electron chi connectivity index (χ0n) is 16.0. The number of halogens is 3. The van der Waals surface area contributed by atoms with Gasteiger partial charge in [0.2, 0.25) is 0 Å². The molecule has 0 bridgehead atoms. The maximum atomic E-state index is 12.7. The number of thiazole rings is 1. The number of carbonyl (C=O) groups is 1. The van der Waals surface area contributed by atoms with E-state index in [4.69, 9.17) is 0 Å². The van der Waals surface area contributed by atoms with Crippen LogP contribution in [0.25, 0.3) is 16.6 Å². The summed E-state index contributed by atoms with van der Waals surface area (Å²) in [5, 5.41) is 10.3. The van der Waals surface area contributed by atoms with Gasteiger partial charge in [-0.25, -0.2) is 4.98 Å². The van der Waals surface area contributed by atoms with E-state index in [0.717, 1.165) is 40.2 Å². The smallest absolute Gasteiger partial charge is 0.416 e. The quantitative estimate of drug-likeness (QED) is 0.397. The number of rotatable bonds is 4. The molecule has 1 aromatic heterocycles. The summed E-state index contributed by atoms with van der Waals surface area (Å²) < 4.78 is 38.1. The number of nitrogens with zero attached hydrogens (tertiary/aromatic N) is 1. The molecule has 3 aromatic rings. The maximum Gasteiger partial charge on any atom is 0.416 e. The van der Waals surface area contributed by atoms with Crippen LogP contribution >= 0.6 is 11.3 Å². The van der Waals surface area contributed by atoms with E-state index >= 15 is 0 Å². The first-order valence-corrected chi connectivity index (χ1v) is 9.55. The summed E-state index contributed by atoms with van der Waals surface area (Å²) in [6.07, 6.45) is -1.30. The van der Waals surface area contributed by atoms with Crippen LogP contribution < -0.4 is 0 Å². The van der Waals surface area contributed by atoms with Gasteiger partial charge in [-0.3, -0.25) is 4.79 Å². The monoisotopic (exact) mass is 417 g/mol. The standard InChI is InChI=1S/C22H18F3NO2S/c1-12-10-15(11-13(2)19(12)28)4-9-18(27)20-14(3)26-21(29-20)16-5-7-17(8-6-16)22(23,24)25/h4-11,28H,1-3H3. The fourth-order valence-corrected chi connectivity index (χ4v) is 3.88. The van der Waals surface area contributed by atoms with E-state index in [-0.39, 0.29) is 11.5 Å². The van der Waals surface area contributed by atoms with Gasteiger partial charge in [-0.05, 0) is 67.8 Å². The van der Waals surface area contributed by atoms with Crippen molar-refractivity contribution in [1.29, 1.82) is 0 Å². The molecule has 0 fully saturated rings. The minimum absolute atomic E-state index is 0.230. The van der Waals surface area contributed by atoms with Crippen LogP contribution in [0.3, 0.4) is 0 Å². The van der Waals surface area contributed by atoms with Gasteiger partial charge in [-0.15, -0.1) is 11.3 Å². The zero-order valence-corrected chi connectivity index (χ0v) is 16.8. The molecule has 1 N–H and O–H groups in total. The molecule has 0 aliphatic carbocycles. The Balaban J connectivity index is 1.83. The number of hydrogen-bond acceptors (Lipinski definition) is 4. The number of benzene rings is 2. The van der Waals surface area contributed by atoms with Crippen LogP contribution in [0.5, 0.6) is 5.75 Å². The van der Waals surface area contributed by atoms with E-state index in [0.29, 0.717) is 21.1 Å². The fraction of sp³-hybridized carbons (Fsp3) is 0.182. The van der Waals surface area contributed by atoms with Crippen LogP contribution in [0.1, 0.15) is 37.6 Å². The molecule has 7 heteroatoms. The lowest BCUT2D eigenvalue weighted by Gasteiger charge is -2.06. The highest BCUT2D eigenvalue weighted by molar-refractivity contribution is 7.17. The number of allylic oxidation sites excluding steroid dienone is 1. The summed E-state index contributed by atoms with van der Waals surface area (Å²) >= 11 is 1.14. The van der Waals surface area contributed by atoms with Gasteiger partial charge in [0.25, 0.3) is 0 Å². The Bertz CT molecular complexity index is 1070. The Morgan fingerprint density at radius 3 is 2.21 bits per heavy atom. The van der Waals surface area contributed by atoms with Crippen LogP contribution in [-0.4, -0.2) is 15.9 Å². The van der Waals surface area contributed by atoms with Crippen molar-refractivity contribution in [3.63, 3.8) is 0 Å². The number of phenols is 1. The Morgan fingerprint density at radius 2 is 1.66 bits per heavy atom. The summed E-state index contributed by atoms with van der Waals surface area (Å²) in [7, 11) is 0. The van der Waals surface area contributed by atoms with Crippen molar-refractivity contribution in [3.05, 3.63) is 75.3 Å². The first kappa shape index (κ1) is 20.8. The highest BCUT2D eigenvalue weighted by atomic mass is 32.1. The third kappa shape index (κ3) is 4.56. The molecule has 1 heterocycles. The average Bonchev–Trinajstić information content (AvgIpc) is 3.05. The van der Waals surface area contributed by atoms with Crippen molar-refractivity contribution in [2.75, 3.05) is 0 Å². The highest BCUT2D eigenvalue weighted by Crippen LogP contribution is 2.33. The molecule has 0 saturated heterocycles. The van der Waals surface area contributed by atoms with Crippen molar-refractivity contribution in [3.8, 4) is 16.3 Å². The Morgan fingerprint density at radius 1 is 1.07 bits per heavy atom. The fourth-order valence-electron chi connectivity index (χ4n) is 2.88. The first-order valence-electron chi connectivity index (χ1n) is 8.74. The minimum Gasteiger partial charge on any atom is -0.507 e. The second kappa shape index (κ2) is 7.83. The molecule has 0 spiro atoms. The lowest BCUT2D eigenvalue weighted by molar-refractivity contribution is -0.137. The minimum atomic E-state index is -4.39. The normalized spacial score (nSPS) is 11.9. The van der Waals surface area contributed by atoms with E-state index in [9.17, 15) is 23.1 Å². The number of alkyl halides is 3. The van der Waals surface area contributed by atoms with Crippen molar-refractivity contribution < 1.29 is 23.1 Å². The van der Waals surface area contributed by atoms with Crippen LogP contribution in [0, 0.1) is 20.8 Å². The van der Waals surface area contributed by atoms with Gasteiger partial charge in [0.15, 0.2) is 5.78 Å². The molecular weight excluding hydrogens is 399 g/mol. The van der Waals surface area contributed by atoms with E-state index in [1.807, 2.05) is 0 Å². The van der Waals surface area contributed by atoms with Crippen LogP contribution in [0.2, 0.25) is 0 Å². The molecule has 0 amide bonds. The topological polar surface area (TPSA) is 50.2 Å². The molecule has 29 heavy (non-hydrogen) atoms. The Hall–Kier alpha value is -2.93. The maximum absolute atomic E-state index is 12.7. The summed E-state index contributed by atoms with van der Waals surface area (Å²) in [6, 6.07) is 8.27. The molecular formula is C22H18F3NO2S. The van der Waals surface area contributed by atoms with Crippen LogP contribution in [-0.2, 0) is 6.18 Å². The van der Waals surface area contributed by atoms with Crippen molar-refractivity contribution >= 4 is 23.2 Å². The molecule has 0 radical (unpaired) electrons. The molecule has 2 aromatic carbocycles. The molecule has 3 nitrogen and oxygen atoms in total. The van der Waals surface area contributed by atoms with E-state index < -0.39 is 11.7 Å². The second-order valence-corrected chi connectivity index (χ2v) is 7.71. The van der Waals surface area contributed by atoms with Crippen molar-refractivity contribution in [1.82, 2.24) is 4.98 Å². The number of aromatic hydroxyl groups is 1. The van der Waals surface area contributed by atoms with Gasteiger partial charge in [0.1, 0.15) is 10.8 Å². The Kier molecular flexibility index (Phi) is 5.61. The molecule has 0 aliphatic rings. The van der Waals surface area contributed by atoms with Gasteiger partial charge in [0.05, 0.1) is 16.1 Å². The number of hydrogen-bond donors (Lipinski definition) is 1. The Labute approximate surface area is 170 Å². The molecule has 3 rings (SSSR count). The molecule has 0 unspecified atom stereocenters. The summed E-state index contributed by atoms with van der Waals surface area (Å²) in [5.74, 6) is -0.00509. The van der Waals surface area contributed by atoms with Gasteiger partial charge in [-0.1, -0.05) is 18.2 Å². The van der Waals surface area contributed by atoms with Crippen molar-refractivity contribution in [2.45, 2.75) is 26.9 Å². The largest absolute Gasteiger partial charge is 0.507 e. The first-order chi connectivity index (χ1) is 13.6. The van der Waals surface area contributed by atoms with Gasteiger partial charge >= 0.3 is 6.18 Å². The number of aryl methyl sites for hydroxylation is 3. The van der Waals surface area contributed by atoms with E-state index in [1.54, 1.807) is 39.0 Å². The molecule has 0 saturated carbocycles. The summed E-state index contributed by atoms with van der Waals surface area (Å²) in [6.45, 7) is 5.26. The lowest BCUT2D eigenvalue weighted by atomic mass is 10.0. The molecule has 0 atom stereocenters. The number of carbonyl (C=O) groups excluding carboxylic acids is 1. The SMILES string of the molecule is Cc1cc(C=CC(=O)c2sc(-c3ccc(C(F)(F)F)cc3)nc2C)cc(C)c1O. The molecule has 150 valence electrons. The number of aromatic nitrogens is 1. The third-order valence-electron chi connectivity index (χ3n) is 4.42. The number of ketones is 1. The van der Waals surface area contributed by atoms with Gasteiger partial charge in [-0.2, -0.15) is 13.2 Å². The van der Waals surface area contributed by atoms with Crippen molar-refractivity contribution in [2.24, 2.45) is 0 Å². The van der Waals surface area contributed by atoms with Gasteiger partial charge in [0, 0.05) is 5.56 Å². The summed E-state index contributed by atoms with van der Waals surface area (Å²) in [4.78, 5) is 17.4. The second-order valence-electron chi connectivity index (χ2n) is 6.71. The predicted molar refractivity (Wildman–Crippen MR) is 108 cm³/mol. The summed E-state index contributed by atoms with van der Waals surface area (Å²) in [5.41, 5.74) is 2.55. The highest BCUT2D eigenvalue weighted by Gasteiger charge is 2.30. The number of phenolic OH excluding ortho intramolecular Hbond substituents is 1. The van der Waals surface area contributed by atoms with Gasteiger partial charge < -0.3 is 5.11 Å². The average molecular weight is 417 g/mol. The zero-order chi connectivity index (χ0) is 21.3. The van der Waals surface area contributed by atoms with Crippen LogP contribution in [0.15, 0.2) is 42.5 Å². The van der Waals surface area contributed by atoms with E-state index in [2.05, 4.69) is 4.98 Å². The predicted octanol–water partition coefficient (Wildman–Crippen LogP) is 6.36. The van der Waals surface area contributed by atoms with Crippen LogP contribution in [0.4, 0.5) is 13.2 Å². The molecule has 0 aliphatic heterocycles. The van der Waals surface area contributed by atoms with E-state index in [1.165, 1.54) is 18.2 Å². The third-order valence-corrected chi connectivity index (χ3v) is 5.64. The lowest BCUT2D eigenvalue weighted by Crippen LogP contribution is -2.03.